The van der Waals surface area contributed by atoms with Crippen LogP contribution in [-0.2, 0) is 0 Å². The zero-order valence-electron chi connectivity index (χ0n) is 10.8. The molecule has 0 spiro atoms. The minimum atomic E-state index is -0.913. The van der Waals surface area contributed by atoms with Crippen LogP contribution in [0.25, 0.3) is 0 Å². The summed E-state index contributed by atoms with van der Waals surface area (Å²) < 4.78 is 32.5. The molecule has 0 aliphatic carbocycles. The molecule has 0 aliphatic rings. The van der Waals surface area contributed by atoms with Crippen molar-refractivity contribution in [2.75, 3.05) is 6.61 Å². The van der Waals surface area contributed by atoms with Gasteiger partial charge in [0, 0.05) is 4.47 Å². The molecule has 4 heteroatoms. The maximum absolute atomic E-state index is 13.5. The van der Waals surface area contributed by atoms with Crippen LogP contribution in [-0.4, -0.2) is 6.61 Å². The van der Waals surface area contributed by atoms with Gasteiger partial charge in [-0.3, -0.25) is 0 Å². The van der Waals surface area contributed by atoms with Gasteiger partial charge in [0.05, 0.1) is 6.61 Å². The van der Waals surface area contributed by atoms with Crippen LogP contribution in [0.1, 0.15) is 39.5 Å². The van der Waals surface area contributed by atoms with E-state index in [1.165, 1.54) is 6.07 Å². The van der Waals surface area contributed by atoms with Gasteiger partial charge in [-0.2, -0.15) is 4.39 Å². The lowest BCUT2D eigenvalue weighted by molar-refractivity contribution is 0.222. The predicted molar refractivity (Wildman–Crippen MR) is 72.9 cm³/mol. The summed E-state index contributed by atoms with van der Waals surface area (Å²) in [6.07, 6.45) is 4.32. The zero-order valence-corrected chi connectivity index (χ0v) is 12.4. The highest BCUT2D eigenvalue weighted by Crippen LogP contribution is 2.26. The molecular formula is C14H19BrF2O. The van der Waals surface area contributed by atoms with Crippen LogP contribution in [0.3, 0.4) is 0 Å². The lowest BCUT2D eigenvalue weighted by atomic mass is 10.0. The molecule has 0 bridgehead atoms. The molecule has 1 rings (SSSR count). The number of ether oxygens (including phenoxy) is 1. The fraction of sp³-hybridized carbons (Fsp3) is 0.571. The molecule has 0 aliphatic heterocycles. The monoisotopic (exact) mass is 320 g/mol. The molecule has 1 nitrogen and oxygen atoms in total. The lowest BCUT2D eigenvalue weighted by Crippen LogP contribution is -2.12. The zero-order chi connectivity index (χ0) is 13.5. The highest BCUT2D eigenvalue weighted by Gasteiger charge is 2.13. The maximum atomic E-state index is 13.5. The molecular weight excluding hydrogens is 302 g/mol. The highest BCUT2D eigenvalue weighted by molar-refractivity contribution is 9.10. The van der Waals surface area contributed by atoms with Crippen molar-refractivity contribution < 1.29 is 13.5 Å². The number of unbranched alkanes of at least 4 members (excludes halogenated alkanes) is 1. The van der Waals surface area contributed by atoms with Crippen molar-refractivity contribution in [3.63, 3.8) is 0 Å². The first-order chi connectivity index (χ1) is 8.58. The van der Waals surface area contributed by atoms with Crippen LogP contribution in [0, 0.1) is 17.6 Å². The topological polar surface area (TPSA) is 9.23 Å². The van der Waals surface area contributed by atoms with E-state index in [4.69, 9.17) is 4.74 Å². The van der Waals surface area contributed by atoms with Gasteiger partial charge in [0.1, 0.15) is 0 Å². The van der Waals surface area contributed by atoms with Gasteiger partial charge in [-0.1, -0.05) is 49.0 Å². The smallest absolute Gasteiger partial charge is 0.200 e. The Morgan fingerprint density at radius 3 is 2.61 bits per heavy atom. The Morgan fingerprint density at radius 2 is 2.00 bits per heavy atom. The largest absolute Gasteiger partial charge is 0.490 e. The molecule has 0 saturated heterocycles. The average Bonchev–Trinajstić information content (AvgIpc) is 2.35. The minimum absolute atomic E-state index is 0.0168. The standard InChI is InChI=1S/C14H19BrF2O/c1-3-5-6-10(4-2)9-18-13-8-11(15)7-12(16)14(13)17/h7-8,10H,3-6,9H2,1-2H3. The van der Waals surface area contributed by atoms with Gasteiger partial charge in [-0.05, 0) is 24.5 Å². The van der Waals surface area contributed by atoms with Crippen LogP contribution >= 0.6 is 15.9 Å². The normalized spacial score (nSPS) is 12.5. The molecule has 0 heterocycles. The van der Waals surface area contributed by atoms with Crippen LogP contribution in [0.4, 0.5) is 8.78 Å². The molecule has 1 unspecified atom stereocenters. The average molecular weight is 321 g/mol. The van der Waals surface area contributed by atoms with Crippen LogP contribution in [0.15, 0.2) is 16.6 Å². The fourth-order valence-electron chi connectivity index (χ4n) is 1.74. The van der Waals surface area contributed by atoms with E-state index in [0.717, 1.165) is 31.7 Å². The first-order valence-corrected chi connectivity index (χ1v) is 7.15. The van der Waals surface area contributed by atoms with Crippen LogP contribution < -0.4 is 4.74 Å². The van der Waals surface area contributed by atoms with Crippen molar-refractivity contribution in [2.45, 2.75) is 39.5 Å². The summed E-state index contributed by atoms with van der Waals surface area (Å²) in [5.74, 6) is -1.42. The van der Waals surface area contributed by atoms with E-state index in [1.807, 2.05) is 0 Å². The highest BCUT2D eigenvalue weighted by atomic mass is 79.9. The van der Waals surface area contributed by atoms with E-state index in [1.54, 1.807) is 0 Å². The third kappa shape index (κ3) is 4.56. The minimum Gasteiger partial charge on any atom is -0.490 e. The maximum Gasteiger partial charge on any atom is 0.200 e. The van der Waals surface area contributed by atoms with Crippen molar-refractivity contribution >= 4 is 15.9 Å². The van der Waals surface area contributed by atoms with Gasteiger partial charge in [0.2, 0.25) is 5.82 Å². The summed E-state index contributed by atoms with van der Waals surface area (Å²) in [4.78, 5) is 0. The van der Waals surface area contributed by atoms with E-state index in [-0.39, 0.29) is 5.75 Å². The molecule has 102 valence electrons. The molecule has 1 atom stereocenters. The number of halogens is 3. The number of rotatable bonds is 7. The second-order valence-corrected chi connectivity index (χ2v) is 5.34. The number of hydrogen-bond acceptors (Lipinski definition) is 1. The van der Waals surface area contributed by atoms with Crippen molar-refractivity contribution in [2.24, 2.45) is 5.92 Å². The van der Waals surface area contributed by atoms with Gasteiger partial charge in [-0.15, -0.1) is 0 Å². The van der Waals surface area contributed by atoms with Gasteiger partial charge >= 0.3 is 0 Å². The van der Waals surface area contributed by atoms with Gasteiger partial charge in [-0.25, -0.2) is 4.39 Å². The van der Waals surface area contributed by atoms with Crippen LogP contribution in [0.5, 0.6) is 5.75 Å². The van der Waals surface area contributed by atoms with E-state index < -0.39 is 11.6 Å². The summed E-state index contributed by atoms with van der Waals surface area (Å²) in [6.45, 7) is 4.65. The summed E-state index contributed by atoms with van der Waals surface area (Å²) in [7, 11) is 0. The fourth-order valence-corrected chi connectivity index (χ4v) is 2.15. The van der Waals surface area contributed by atoms with Crippen molar-refractivity contribution in [1.82, 2.24) is 0 Å². The lowest BCUT2D eigenvalue weighted by Gasteiger charge is -2.16. The molecule has 1 aromatic rings. The molecule has 0 aromatic heterocycles. The third-order valence-electron chi connectivity index (χ3n) is 2.98. The summed E-state index contributed by atoms with van der Waals surface area (Å²) in [5, 5.41) is 0. The second-order valence-electron chi connectivity index (χ2n) is 4.43. The van der Waals surface area contributed by atoms with E-state index in [0.29, 0.717) is 17.0 Å². The SMILES string of the molecule is CCCCC(CC)COc1cc(Br)cc(F)c1F. The van der Waals surface area contributed by atoms with E-state index in [9.17, 15) is 8.78 Å². The first kappa shape index (κ1) is 15.4. The van der Waals surface area contributed by atoms with Crippen LogP contribution in [0.2, 0.25) is 0 Å². The molecule has 0 amide bonds. The Balaban J connectivity index is 2.61. The summed E-state index contributed by atoms with van der Waals surface area (Å²) in [6, 6.07) is 2.56. The molecule has 0 saturated carbocycles. The van der Waals surface area contributed by atoms with E-state index in [2.05, 4.69) is 29.8 Å². The second kappa shape index (κ2) is 7.72. The Morgan fingerprint density at radius 1 is 1.28 bits per heavy atom. The molecule has 1 aromatic carbocycles. The van der Waals surface area contributed by atoms with Gasteiger partial charge in [0.25, 0.3) is 0 Å². The van der Waals surface area contributed by atoms with Crippen molar-refractivity contribution in [1.29, 1.82) is 0 Å². The Labute approximate surface area is 116 Å². The molecule has 18 heavy (non-hydrogen) atoms. The Bertz CT molecular complexity index is 382. The van der Waals surface area contributed by atoms with E-state index >= 15 is 0 Å². The molecule has 0 fully saturated rings. The molecule has 0 radical (unpaired) electrons. The van der Waals surface area contributed by atoms with Crippen molar-refractivity contribution in [3.05, 3.63) is 28.2 Å². The first-order valence-electron chi connectivity index (χ1n) is 6.35. The summed E-state index contributed by atoms with van der Waals surface area (Å²) >= 11 is 3.13. The number of benzene rings is 1. The van der Waals surface area contributed by atoms with Gasteiger partial charge in [0.15, 0.2) is 11.6 Å². The third-order valence-corrected chi connectivity index (χ3v) is 3.44. The Hall–Kier alpha value is -0.640. The van der Waals surface area contributed by atoms with Gasteiger partial charge < -0.3 is 4.74 Å². The quantitative estimate of drug-likeness (QED) is 0.617. The van der Waals surface area contributed by atoms with Crippen molar-refractivity contribution in [3.8, 4) is 5.75 Å². The predicted octanol–water partition coefficient (Wildman–Crippen LogP) is 5.32. The number of hydrogen-bond donors (Lipinski definition) is 0. The molecule has 0 N–H and O–H groups in total. The Kier molecular flexibility index (Phi) is 6.61. The summed E-state index contributed by atoms with van der Waals surface area (Å²) in [5.41, 5.74) is 0.